The van der Waals surface area contributed by atoms with E-state index < -0.39 is 0 Å². The minimum absolute atomic E-state index is 0.418. The van der Waals surface area contributed by atoms with Crippen LogP contribution >= 0.6 is 8.58 Å². The van der Waals surface area contributed by atoms with Crippen LogP contribution in [0, 0.1) is 13.8 Å². The number of hydrogen-bond donors (Lipinski definition) is 1. The predicted molar refractivity (Wildman–Crippen MR) is 71.6 cm³/mol. The lowest BCUT2D eigenvalue weighted by atomic mass is 10.1. The standard InChI is InChI=1S/C14H15OP/c1-10-8-13(9-11(2)14(10)15)16-12-6-4-3-5-7-12/h3-9,15-16H,1-2H3. The monoisotopic (exact) mass is 230 g/mol. The van der Waals surface area contributed by atoms with Crippen LogP contribution in [0.4, 0.5) is 0 Å². The number of phenolic OH excluding ortho intramolecular Hbond substituents is 1. The van der Waals surface area contributed by atoms with Crippen molar-refractivity contribution in [3.8, 4) is 5.75 Å². The smallest absolute Gasteiger partial charge is 0.121 e. The van der Waals surface area contributed by atoms with Gasteiger partial charge in [0.05, 0.1) is 0 Å². The first kappa shape index (κ1) is 11.2. The maximum Gasteiger partial charge on any atom is 0.121 e. The number of benzene rings is 2. The van der Waals surface area contributed by atoms with Crippen LogP contribution < -0.4 is 10.6 Å². The van der Waals surface area contributed by atoms with Crippen LogP contribution in [-0.2, 0) is 0 Å². The molecule has 0 aliphatic rings. The van der Waals surface area contributed by atoms with Gasteiger partial charge in [0.25, 0.3) is 0 Å². The highest BCUT2D eigenvalue weighted by Gasteiger charge is 2.03. The van der Waals surface area contributed by atoms with E-state index in [1.54, 1.807) is 0 Å². The third-order valence-corrected chi connectivity index (χ3v) is 3.75. The molecular formula is C14H15OP. The number of rotatable bonds is 2. The van der Waals surface area contributed by atoms with E-state index in [1.807, 2.05) is 19.9 Å². The van der Waals surface area contributed by atoms with Crippen LogP contribution in [-0.4, -0.2) is 5.11 Å². The Bertz CT molecular complexity index is 468. The summed E-state index contributed by atoms with van der Waals surface area (Å²) in [7, 11) is 0.655. The first-order valence-electron chi connectivity index (χ1n) is 5.29. The summed E-state index contributed by atoms with van der Waals surface area (Å²) in [5.74, 6) is 0.418. The molecule has 0 radical (unpaired) electrons. The Morgan fingerprint density at radius 2 is 1.44 bits per heavy atom. The summed E-state index contributed by atoms with van der Waals surface area (Å²) in [4.78, 5) is 0. The third kappa shape index (κ3) is 2.43. The van der Waals surface area contributed by atoms with Crippen LogP contribution in [0.15, 0.2) is 42.5 Å². The molecule has 0 aromatic heterocycles. The lowest BCUT2D eigenvalue weighted by Crippen LogP contribution is -2.04. The van der Waals surface area contributed by atoms with Gasteiger partial charge in [0.15, 0.2) is 0 Å². The third-order valence-electron chi connectivity index (χ3n) is 2.55. The second kappa shape index (κ2) is 4.67. The fourth-order valence-corrected chi connectivity index (χ4v) is 2.99. The molecule has 2 heteroatoms. The molecule has 0 saturated heterocycles. The highest BCUT2D eigenvalue weighted by Crippen LogP contribution is 2.22. The Balaban J connectivity index is 2.29. The lowest BCUT2D eigenvalue weighted by Gasteiger charge is -2.08. The number of aryl methyl sites for hydroxylation is 2. The maximum absolute atomic E-state index is 9.70. The fraction of sp³-hybridized carbons (Fsp3) is 0.143. The van der Waals surface area contributed by atoms with Crippen molar-refractivity contribution in [2.75, 3.05) is 0 Å². The van der Waals surface area contributed by atoms with Gasteiger partial charge in [-0.25, -0.2) is 0 Å². The van der Waals surface area contributed by atoms with Gasteiger partial charge in [-0.3, -0.25) is 0 Å². The molecule has 0 aliphatic heterocycles. The van der Waals surface area contributed by atoms with Crippen molar-refractivity contribution in [3.05, 3.63) is 53.6 Å². The summed E-state index contributed by atoms with van der Waals surface area (Å²) in [5, 5.41) is 12.3. The van der Waals surface area contributed by atoms with Gasteiger partial charge in [-0.15, -0.1) is 0 Å². The largest absolute Gasteiger partial charge is 0.507 e. The van der Waals surface area contributed by atoms with Crippen LogP contribution in [0.5, 0.6) is 5.75 Å². The second-order valence-electron chi connectivity index (χ2n) is 3.95. The first-order chi connectivity index (χ1) is 7.66. The summed E-state index contributed by atoms with van der Waals surface area (Å²) in [6, 6.07) is 14.5. The zero-order valence-electron chi connectivity index (χ0n) is 9.49. The predicted octanol–water partition coefficient (Wildman–Crippen LogP) is 2.64. The molecule has 82 valence electrons. The minimum Gasteiger partial charge on any atom is -0.507 e. The van der Waals surface area contributed by atoms with Gasteiger partial charge in [0.2, 0.25) is 0 Å². The van der Waals surface area contributed by atoms with E-state index in [0.717, 1.165) is 11.1 Å². The highest BCUT2D eigenvalue weighted by molar-refractivity contribution is 7.55. The number of phenols is 1. The molecular weight excluding hydrogens is 215 g/mol. The molecule has 1 nitrogen and oxygen atoms in total. The topological polar surface area (TPSA) is 20.2 Å². The highest BCUT2D eigenvalue weighted by atomic mass is 31.1. The van der Waals surface area contributed by atoms with Gasteiger partial charge in [-0.2, -0.15) is 0 Å². The van der Waals surface area contributed by atoms with Gasteiger partial charge < -0.3 is 5.11 Å². The molecule has 1 atom stereocenters. The minimum atomic E-state index is 0.418. The zero-order valence-corrected chi connectivity index (χ0v) is 10.5. The molecule has 0 spiro atoms. The second-order valence-corrected chi connectivity index (χ2v) is 5.35. The van der Waals surface area contributed by atoms with E-state index in [0.29, 0.717) is 14.3 Å². The van der Waals surface area contributed by atoms with E-state index in [2.05, 4.69) is 36.4 Å². The van der Waals surface area contributed by atoms with Crippen LogP contribution in [0.3, 0.4) is 0 Å². The van der Waals surface area contributed by atoms with E-state index in [1.165, 1.54) is 10.6 Å². The Labute approximate surface area is 97.9 Å². The van der Waals surface area contributed by atoms with Gasteiger partial charge in [-0.1, -0.05) is 38.9 Å². The Morgan fingerprint density at radius 3 is 2.00 bits per heavy atom. The first-order valence-corrected chi connectivity index (χ1v) is 6.29. The molecule has 0 fully saturated rings. The van der Waals surface area contributed by atoms with Crippen LogP contribution in [0.1, 0.15) is 11.1 Å². The summed E-state index contributed by atoms with van der Waals surface area (Å²) in [6.45, 7) is 3.89. The number of hydrogen-bond acceptors (Lipinski definition) is 1. The van der Waals surface area contributed by atoms with Crippen molar-refractivity contribution in [1.29, 1.82) is 0 Å². The lowest BCUT2D eigenvalue weighted by molar-refractivity contribution is 0.467. The average Bonchev–Trinajstić information content (AvgIpc) is 2.27. The summed E-state index contributed by atoms with van der Waals surface area (Å²) >= 11 is 0. The maximum atomic E-state index is 9.70. The summed E-state index contributed by atoms with van der Waals surface area (Å²) in [5.41, 5.74) is 1.91. The van der Waals surface area contributed by atoms with E-state index >= 15 is 0 Å². The molecule has 0 bridgehead atoms. The normalized spacial score (nSPS) is 11.1. The molecule has 0 saturated carbocycles. The molecule has 2 aromatic rings. The van der Waals surface area contributed by atoms with E-state index in [-0.39, 0.29) is 0 Å². The van der Waals surface area contributed by atoms with Crippen molar-refractivity contribution in [3.63, 3.8) is 0 Å². The Morgan fingerprint density at radius 1 is 0.875 bits per heavy atom. The molecule has 2 rings (SSSR count). The van der Waals surface area contributed by atoms with E-state index in [4.69, 9.17) is 0 Å². The van der Waals surface area contributed by atoms with Crippen LogP contribution in [0.25, 0.3) is 0 Å². The van der Waals surface area contributed by atoms with Gasteiger partial charge in [0, 0.05) is 0 Å². The quantitative estimate of drug-likeness (QED) is 0.786. The van der Waals surface area contributed by atoms with Crippen molar-refractivity contribution >= 4 is 19.2 Å². The molecule has 1 N–H and O–H groups in total. The van der Waals surface area contributed by atoms with E-state index in [9.17, 15) is 5.11 Å². The van der Waals surface area contributed by atoms with Crippen molar-refractivity contribution < 1.29 is 5.11 Å². The van der Waals surface area contributed by atoms with Crippen LogP contribution in [0.2, 0.25) is 0 Å². The van der Waals surface area contributed by atoms with Gasteiger partial charge >= 0.3 is 0 Å². The molecule has 2 aromatic carbocycles. The SMILES string of the molecule is Cc1cc(Pc2ccccc2)cc(C)c1O. The zero-order chi connectivity index (χ0) is 11.5. The molecule has 0 aliphatic carbocycles. The van der Waals surface area contributed by atoms with Gasteiger partial charge in [0.1, 0.15) is 5.75 Å². The fourth-order valence-electron chi connectivity index (χ4n) is 1.72. The molecule has 0 amide bonds. The molecule has 0 heterocycles. The number of aromatic hydroxyl groups is 1. The Hall–Kier alpha value is -1.33. The van der Waals surface area contributed by atoms with Crippen molar-refractivity contribution in [2.24, 2.45) is 0 Å². The summed E-state index contributed by atoms with van der Waals surface area (Å²) in [6.07, 6.45) is 0. The average molecular weight is 230 g/mol. The van der Waals surface area contributed by atoms with Gasteiger partial charge in [-0.05, 0) is 47.7 Å². The summed E-state index contributed by atoms with van der Waals surface area (Å²) < 4.78 is 0. The molecule has 16 heavy (non-hydrogen) atoms. The van der Waals surface area contributed by atoms with Crippen molar-refractivity contribution in [2.45, 2.75) is 13.8 Å². The van der Waals surface area contributed by atoms with Crippen molar-refractivity contribution in [1.82, 2.24) is 0 Å². The molecule has 1 unspecified atom stereocenters. The Kier molecular flexibility index (Phi) is 3.26.